The fraction of sp³-hybridized carbons (Fsp3) is 0.385. The second kappa shape index (κ2) is 6.81. The van der Waals surface area contributed by atoms with E-state index in [1.165, 1.54) is 18.9 Å². The standard InChI is InChI=1S/C13H16Cl2N2O3/c1-7-4-5-9(14)11(10(7)15)16-13(20)17(3)6-8(2)12(18)19/h4-5,8H,6H2,1-3H3,(H,16,20)(H,18,19). The van der Waals surface area contributed by atoms with Gasteiger partial charge in [-0.15, -0.1) is 0 Å². The van der Waals surface area contributed by atoms with E-state index in [-0.39, 0.29) is 6.54 Å². The van der Waals surface area contributed by atoms with Crippen molar-refractivity contribution in [2.45, 2.75) is 13.8 Å². The minimum Gasteiger partial charge on any atom is -0.481 e. The third-order valence-corrected chi connectivity index (χ3v) is 3.63. The largest absolute Gasteiger partial charge is 0.481 e. The molecule has 0 fully saturated rings. The van der Waals surface area contributed by atoms with Gasteiger partial charge in [0.05, 0.1) is 21.7 Å². The minimum atomic E-state index is -0.962. The van der Waals surface area contributed by atoms with Gasteiger partial charge in [0.1, 0.15) is 0 Å². The number of anilines is 1. The second-order valence-electron chi connectivity index (χ2n) is 4.60. The van der Waals surface area contributed by atoms with Crippen molar-refractivity contribution < 1.29 is 14.7 Å². The third-order valence-electron chi connectivity index (χ3n) is 2.83. The number of nitrogens with zero attached hydrogens (tertiary/aromatic N) is 1. The maximum atomic E-state index is 12.0. The van der Waals surface area contributed by atoms with E-state index < -0.39 is 17.9 Å². The Bertz CT molecular complexity index is 535. The summed E-state index contributed by atoms with van der Waals surface area (Å²) in [6, 6.07) is 2.92. The number of halogens is 2. The molecule has 0 aliphatic rings. The highest BCUT2D eigenvalue weighted by atomic mass is 35.5. The molecular formula is C13H16Cl2N2O3. The monoisotopic (exact) mass is 318 g/mol. The average molecular weight is 319 g/mol. The van der Waals surface area contributed by atoms with Gasteiger partial charge in [-0.1, -0.05) is 36.2 Å². The molecule has 20 heavy (non-hydrogen) atoms. The number of carbonyl (C=O) groups excluding carboxylic acids is 1. The first kappa shape index (κ1) is 16.6. The van der Waals surface area contributed by atoms with Crippen LogP contribution in [0.2, 0.25) is 10.0 Å². The van der Waals surface area contributed by atoms with Gasteiger partial charge in [0.15, 0.2) is 0 Å². The first-order valence-corrected chi connectivity index (χ1v) is 6.69. The van der Waals surface area contributed by atoms with E-state index in [4.69, 9.17) is 28.3 Å². The lowest BCUT2D eigenvalue weighted by Gasteiger charge is -2.21. The highest BCUT2D eigenvalue weighted by Crippen LogP contribution is 2.33. The fourth-order valence-corrected chi connectivity index (χ4v) is 2.01. The molecule has 1 aromatic carbocycles. The van der Waals surface area contributed by atoms with Crippen LogP contribution in [0.1, 0.15) is 12.5 Å². The summed E-state index contributed by atoms with van der Waals surface area (Å²) in [6.07, 6.45) is 0. The van der Waals surface area contributed by atoms with Gasteiger partial charge in [0.25, 0.3) is 0 Å². The number of aryl methyl sites for hydroxylation is 1. The Hall–Kier alpha value is -1.46. The van der Waals surface area contributed by atoms with Gasteiger partial charge < -0.3 is 15.3 Å². The van der Waals surface area contributed by atoms with Crippen molar-refractivity contribution in [2.75, 3.05) is 18.9 Å². The number of nitrogens with one attached hydrogen (secondary N) is 1. The summed E-state index contributed by atoms with van der Waals surface area (Å²) in [5.41, 5.74) is 1.11. The lowest BCUT2D eigenvalue weighted by Crippen LogP contribution is -2.36. The Morgan fingerprint density at radius 3 is 2.55 bits per heavy atom. The van der Waals surface area contributed by atoms with E-state index in [1.54, 1.807) is 19.1 Å². The smallest absolute Gasteiger partial charge is 0.321 e. The summed E-state index contributed by atoms with van der Waals surface area (Å²) < 4.78 is 0. The van der Waals surface area contributed by atoms with Gasteiger partial charge in [-0.05, 0) is 18.6 Å². The van der Waals surface area contributed by atoms with Crippen LogP contribution in [0.25, 0.3) is 0 Å². The zero-order chi connectivity index (χ0) is 15.4. The molecule has 0 saturated carbocycles. The highest BCUT2D eigenvalue weighted by Gasteiger charge is 2.19. The molecule has 0 aromatic heterocycles. The summed E-state index contributed by atoms with van der Waals surface area (Å²) in [6.45, 7) is 3.41. The molecule has 0 saturated heterocycles. The van der Waals surface area contributed by atoms with Crippen LogP contribution in [-0.4, -0.2) is 35.6 Å². The van der Waals surface area contributed by atoms with Gasteiger partial charge >= 0.3 is 12.0 Å². The zero-order valence-corrected chi connectivity index (χ0v) is 12.9. The molecule has 1 atom stereocenters. The average Bonchev–Trinajstić information content (AvgIpc) is 2.38. The molecule has 7 heteroatoms. The molecule has 1 aromatic rings. The van der Waals surface area contributed by atoms with Crippen LogP contribution in [0.3, 0.4) is 0 Å². The predicted molar refractivity (Wildman–Crippen MR) is 79.6 cm³/mol. The molecule has 0 spiro atoms. The number of urea groups is 1. The molecular weight excluding hydrogens is 303 g/mol. The predicted octanol–water partition coefficient (Wildman–Crippen LogP) is 3.49. The first-order chi connectivity index (χ1) is 9.23. The lowest BCUT2D eigenvalue weighted by atomic mass is 10.2. The fourth-order valence-electron chi connectivity index (χ4n) is 1.55. The van der Waals surface area contributed by atoms with Crippen LogP contribution >= 0.6 is 23.2 Å². The second-order valence-corrected chi connectivity index (χ2v) is 5.39. The van der Waals surface area contributed by atoms with Crippen LogP contribution < -0.4 is 5.32 Å². The molecule has 2 amide bonds. The van der Waals surface area contributed by atoms with Crippen LogP contribution in [0, 0.1) is 12.8 Å². The summed E-state index contributed by atoms with van der Waals surface area (Å²) in [7, 11) is 1.51. The molecule has 0 aliphatic carbocycles. The van der Waals surface area contributed by atoms with Crippen molar-refractivity contribution in [3.8, 4) is 0 Å². The number of benzene rings is 1. The van der Waals surface area contributed by atoms with Crippen LogP contribution in [0.15, 0.2) is 12.1 Å². The maximum Gasteiger partial charge on any atom is 0.321 e. The summed E-state index contributed by atoms with van der Waals surface area (Å²) in [4.78, 5) is 24.0. The van der Waals surface area contributed by atoms with E-state index in [0.29, 0.717) is 15.7 Å². The van der Waals surface area contributed by atoms with Gasteiger partial charge in [-0.2, -0.15) is 0 Å². The van der Waals surface area contributed by atoms with E-state index in [0.717, 1.165) is 5.56 Å². The Balaban J connectivity index is 2.81. The molecule has 110 valence electrons. The maximum absolute atomic E-state index is 12.0. The van der Waals surface area contributed by atoms with E-state index >= 15 is 0 Å². The van der Waals surface area contributed by atoms with E-state index in [2.05, 4.69) is 5.32 Å². The summed E-state index contributed by atoms with van der Waals surface area (Å²) in [5.74, 6) is -1.62. The van der Waals surface area contributed by atoms with Crippen molar-refractivity contribution in [1.82, 2.24) is 4.90 Å². The Labute approximate surface area is 127 Å². The molecule has 0 bridgehead atoms. The van der Waals surface area contributed by atoms with E-state index in [9.17, 15) is 9.59 Å². The van der Waals surface area contributed by atoms with Crippen molar-refractivity contribution in [1.29, 1.82) is 0 Å². The van der Waals surface area contributed by atoms with Crippen molar-refractivity contribution in [2.24, 2.45) is 5.92 Å². The number of carboxylic acid groups (broad SMARTS) is 1. The molecule has 2 N–H and O–H groups in total. The topological polar surface area (TPSA) is 69.6 Å². The third kappa shape index (κ3) is 4.02. The number of rotatable bonds is 4. The molecule has 5 nitrogen and oxygen atoms in total. The van der Waals surface area contributed by atoms with Crippen LogP contribution in [0.5, 0.6) is 0 Å². The van der Waals surface area contributed by atoms with Gasteiger partial charge in [0.2, 0.25) is 0 Å². The zero-order valence-electron chi connectivity index (χ0n) is 11.4. The minimum absolute atomic E-state index is 0.0855. The summed E-state index contributed by atoms with van der Waals surface area (Å²) in [5, 5.41) is 12.1. The highest BCUT2D eigenvalue weighted by molar-refractivity contribution is 6.40. The Kier molecular flexibility index (Phi) is 5.65. The number of hydrogen-bond acceptors (Lipinski definition) is 2. The van der Waals surface area contributed by atoms with Gasteiger partial charge in [-0.3, -0.25) is 4.79 Å². The Morgan fingerprint density at radius 1 is 1.40 bits per heavy atom. The van der Waals surface area contributed by atoms with Crippen LogP contribution in [-0.2, 0) is 4.79 Å². The van der Waals surface area contributed by atoms with Crippen molar-refractivity contribution in [3.05, 3.63) is 27.7 Å². The van der Waals surface area contributed by atoms with E-state index in [1.807, 2.05) is 0 Å². The van der Waals surface area contributed by atoms with Gasteiger partial charge in [-0.25, -0.2) is 4.79 Å². The number of hydrogen-bond donors (Lipinski definition) is 2. The molecule has 1 unspecified atom stereocenters. The molecule has 1 rings (SSSR count). The number of carbonyl (C=O) groups is 2. The molecule has 0 aliphatic heterocycles. The normalized spacial score (nSPS) is 11.8. The molecule has 0 radical (unpaired) electrons. The van der Waals surface area contributed by atoms with Gasteiger partial charge in [0, 0.05) is 13.6 Å². The van der Waals surface area contributed by atoms with Crippen molar-refractivity contribution in [3.63, 3.8) is 0 Å². The molecule has 0 heterocycles. The first-order valence-electron chi connectivity index (χ1n) is 5.93. The number of amides is 2. The van der Waals surface area contributed by atoms with Crippen molar-refractivity contribution >= 4 is 40.9 Å². The number of aliphatic carboxylic acids is 1. The summed E-state index contributed by atoms with van der Waals surface area (Å²) >= 11 is 12.1. The lowest BCUT2D eigenvalue weighted by molar-refractivity contribution is -0.141. The van der Waals surface area contributed by atoms with Crippen LogP contribution in [0.4, 0.5) is 10.5 Å². The SMILES string of the molecule is Cc1ccc(Cl)c(NC(=O)N(C)CC(C)C(=O)O)c1Cl. The quantitative estimate of drug-likeness (QED) is 0.892. The Morgan fingerprint density at radius 2 is 2.00 bits per heavy atom. The number of carboxylic acids is 1.